The van der Waals surface area contributed by atoms with E-state index in [9.17, 15) is 8.42 Å². The maximum atomic E-state index is 11.4. The Balaban J connectivity index is 1.96. The van der Waals surface area contributed by atoms with Gasteiger partial charge in [0.25, 0.3) is 0 Å². The van der Waals surface area contributed by atoms with E-state index in [1.54, 1.807) is 29.1 Å². The van der Waals surface area contributed by atoms with Crippen molar-refractivity contribution in [3.63, 3.8) is 0 Å². The van der Waals surface area contributed by atoms with Gasteiger partial charge in [-0.3, -0.25) is 4.68 Å². The van der Waals surface area contributed by atoms with Crippen molar-refractivity contribution in [2.45, 2.75) is 18.4 Å². The predicted octanol–water partition coefficient (Wildman–Crippen LogP) is 1.67. The predicted molar refractivity (Wildman–Crippen MR) is 72.0 cm³/mol. The number of ether oxygens (including phenoxy) is 1. The molecule has 2 aromatic rings. The summed E-state index contributed by atoms with van der Waals surface area (Å²) in [5.74, 6) is 0.548. The smallest absolute Gasteiger partial charge is 0.175 e. The van der Waals surface area contributed by atoms with Crippen molar-refractivity contribution >= 4 is 9.84 Å². The third-order valence-electron chi connectivity index (χ3n) is 2.59. The molecule has 5 nitrogen and oxygen atoms in total. The van der Waals surface area contributed by atoms with Gasteiger partial charge < -0.3 is 4.74 Å². The van der Waals surface area contributed by atoms with Crippen LogP contribution in [0, 0.1) is 6.92 Å². The van der Waals surface area contributed by atoms with E-state index in [4.69, 9.17) is 4.74 Å². The van der Waals surface area contributed by atoms with E-state index in [0.717, 1.165) is 5.56 Å². The minimum atomic E-state index is -3.20. The van der Waals surface area contributed by atoms with Gasteiger partial charge in [-0.05, 0) is 30.7 Å². The lowest BCUT2D eigenvalue weighted by molar-refractivity contribution is 0.290. The second-order valence-corrected chi connectivity index (χ2v) is 6.39. The number of rotatable bonds is 5. The van der Waals surface area contributed by atoms with Gasteiger partial charge in [-0.1, -0.05) is 6.07 Å². The van der Waals surface area contributed by atoms with Gasteiger partial charge in [0.1, 0.15) is 12.4 Å². The average molecular weight is 280 g/mol. The second kappa shape index (κ2) is 5.44. The van der Waals surface area contributed by atoms with E-state index in [-0.39, 0.29) is 4.90 Å². The fraction of sp³-hybridized carbons (Fsp3) is 0.308. The molecule has 1 aromatic heterocycles. The zero-order chi connectivity index (χ0) is 13.9. The lowest BCUT2D eigenvalue weighted by Gasteiger charge is -2.07. The molecule has 0 unspecified atom stereocenters. The van der Waals surface area contributed by atoms with E-state index in [0.29, 0.717) is 18.9 Å². The van der Waals surface area contributed by atoms with E-state index >= 15 is 0 Å². The van der Waals surface area contributed by atoms with Gasteiger partial charge in [0.15, 0.2) is 9.84 Å². The third-order valence-corrected chi connectivity index (χ3v) is 3.70. The SMILES string of the molecule is Cc1cnn(CCOc2cccc(S(C)(=O)=O)c2)c1. The molecular weight excluding hydrogens is 264 g/mol. The van der Waals surface area contributed by atoms with Crippen molar-refractivity contribution in [2.75, 3.05) is 12.9 Å². The van der Waals surface area contributed by atoms with Crippen molar-refractivity contribution in [1.82, 2.24) is 9.78 Å². The third kappa shape index (κ3) is 3.82. The number of aryl methyl sites for hydroxylation is 1. The Bertz CT molecular complexity index is 662. The Kier molecular flexibility index (Phi) is 3.90. The minimum Gasteiger partial charge on any atom is -0.492 e. The molecule has 0 spiro atoms. The maximum Gasteiger partial charge on any atom is 0.175 e. The van der Waals surface area contributed by atoms with Crippen LogP contribution in [0.4, 0.5) is 0 Å². The first-order chi connectivity index (χ1) is 8.95. The molecular formula is C13H16N2O3S. The van der Waals surface area contributed by atoms with Crippen LogP contribution in [0.2, 0.25) is 0 Å². The summed E-state index contributed by atoms with van der Waals surface area (Å²) < 4.78 is 30.1. The summed E-state index contributed by atoms with van der Waals surface area (Å²) in [4.78, 5) is 0.264. The summed E-state index contributed by atoms with van der Waals surface area (Å²) in [6.07, 6.45) is 4.89. The van der Waals surface area contributed by atoms with Crippen LogP contribution in [-0.2, 0) is 16.4 Å². The van der Waals surface area contributed by atoms with Crippen LogP contribution >= 0.6 is 0 Å². The number of sulfone groups is 1. The van der Waals surface area contributed by atoms with Gasteiger partial charge in [-0.15, -0.1) is 0 Å². The van der Waals surface area contributed by atoms with Crippen molar-refractivity contribution in [3.05, 3.63) is 42.2 Å². The number of benzene rings is 1. The Morgan fingerprint density at radius 1 is 1.37 bits per heavy atom. The van der Waals surface area contributed by atoms with Crippen molar-refractivity contribution in [1.29, 1.82) is 0 Å². The maximum absolute atomic E-state index is 11.4. The average Bonchev–Trinajstić information content (AvgIpc) is 2.74. The van der Waals surface area contributed by atoms with Crippen molar-refractivity contribution < 1.29 is 13.2 Å². The summed E-state index contributed by atoms with van der Waals surface area (Å²) >= 11 is 0. The number of nitrogens with zero attached hydrogens (tertiary/aromatic N) is 2. The fourth-order valence-corrected chi connectivity index (χ4v) is 2.30. The van der Waals surface area contributed by atoms with E-state index in [2.05, 4.69) is 5.10 Å². The Morgan fingerprint density at radius 2 is 2.16 bits per heavy atom. The summed E-state index contributed by atoms with van der Waals surface area (Å²) in [7, 11) is -3.20. The molecule has 0 N–H and O–H groups in total. The molecule has 6 heteroatoms. The molecule has 0 radical (unpaired) electrons. The molecule has 0 aliphatic heterocycles. The zero-order valence-corrected chi connectivity index (χ0v) is 11.7. The van der Waals surface area contributed by atoms with E-state index < -0.39 is 9.84 Å². The monoisotopic (exact) mass is 280 g/mol. The van der Waals surface area contributed by atoms with Crippen LogP contribution in [0.1, 0.15) is 5.56 Å². The number of hydrogen-bond acceptors (Lipinski definition) is 4. The highest BCUT2D eigenvalue weighted by Crippen LogP contribution is 2.17. The van der Waals surface area contributed by atoms with Gasteiger partial charge in [0.05, 0.1) is 17.6 Å². The zero-order valence-electron chi connectivity index (χ0n) is 10.9. The first kappa shape index (κ1) is 13.6. The first-order valence-electron chi connectivity index (χ1n) is 5.87. The first-order valence-corrected chi connectivity index (χ1v) is 7.76. The van der Waals surface area contributed by atoms with Gasteiger partial charge >= 0.3 is 0 Å². The highest BCUT2D eigenvalue weighted by atomic mass is 32.2. The largest absolute Gasteiger partial charge is 0.492 e. The molecule has 1 heterocycles. The Labute approximate surface area is 112 Å². The topological polar surface area (TPSA) is 61.2 Å². The van der Waals surface area contributed by atoms with E-state index in [1.807, 2.05) is 13.1 Å². The lowest BCUT2D eigenvalue weighted by atomic mass is 10.3. The van der Waals surface area contributed by atoms with Crippen LogP contribution in [0.15, 0.2) is 41.6 Å². The van der Waals surface area contributed by atoms with Crippen LogP contribution in [0.3, 0.4) is 0 Å². The molecule has 0 fully saturated rings. The molecule has 0 amide bonds. The Hall–Kier alpha value is -1.82. The molecule has 0 aliphatic carbocycles. The van der Waals surface area contributed by atoms with Gasteiger partial charge in [-0.25, -0.2) is 8.42 Å². The highest BCUT2D eigenvalue weighted by Gasteiger charge is 2.07. The van der Waals surface area contributed by atoms with Gasteiger partial charge in [0, 0.05) is 12.5 Å². The summed E-state index contributed by atoms with van der Waals surface area (Å²) in [6, 6.07) is 6.50. The summed E-state index contributed by atoms with van der Waals surface area (Å²) in [5.41, 5.74) is 1.10. The quantitative estimate of drug-likeness (QED) is 0.836. The van der Waals surface area contributed by atoms with Gasteiger partial charge in [0.2, 0.25) is 0 Å². The van der Waals surface area contributed by atoms with Crippen LogP contribution < -0.4 is 4.74 Å². The molecule has 102 valence electrons. The lowest BCUT2D eigenvalue weighted by Crippen LogP contribution is -2.08. The molecule has 0 saturated heterocycles. The molecule has 2 rings (SSSR count). The van der Waals surface area contributed by atoms with Crippen LogP contribution in [0.25, 0.3) is 0 Å². The van der Waals surface area contributed by atoms with Crippen molar-refractivity contribution in [3.8, 4) is 5.75 Å². The highest BCUT2D eigenvalue weighted by molar-refractivity contribution is 7.90. The molecule has 0 bridgehead atoms. The molecule has 0 aliphatic rings. The number of aromatic nitrogens is 2. The number of hydrogen-bond donors (Lipinski definition) is 0. The minimum absolute atomic E-state index is 0.264. The molecule has 0 saturated carbocycles. The van der Waals surface area contributed by atoms with Crippen LogP contribution in [0.5, 0.6) is 5.75 Å². The molecule has 1 aromatic carbocycles. The van der Waals surface area contributed by atoms with Crippen molar-refractivity contribution in [2.24, 2.45) is 0 Å². The summed E-state index contributed by atoms with van der Waals surface area (Å²) in [5, 5.41) is 4.14. The Morgan fingerprint density at radius 3 is 2.79 bits per heavy atom. The fourth-order valence-electron chi connectivity index (χ4n) is 1.64. The van der Waals surface area contributed by atoms with Gasteiger partial charge in [-0.2, -0.15) is 5.10 Å². The molecule has 0 atom stereocenters. The molecule has 19 heavy (non-hydrogen) atoms. The normalized spacial score (nSPS) is 11.5. The van der Waals surface area contributed by atoms with E-state index in [1.165, 1.54) is 12.3 Å². The summed E-state index contributed by atoms with van der Waals surface area (Å²) in [6.45, 7) is 3.03. The second-order valence-electron chi connectivity index (χ2n) is 4.38. The standard InChI is InChI=1S/C13H16N2O3S/c1-11-9-14-15(10-11)6-7-18-12-4-3-5-13(8-12)19(2,16)17/h3-5,8-10H,6-7H2,1-2H3. The van der Waals surface area contributed by atoms with Crippen LogP contribution in [-0.4, -0.2) is 31.1 Å².